The van der Waals surface area contributed by atoms with Gasteiger partial charge in [-0.1, -0.05) is 23.2 Å². The molecule has 0 bridgehead atoms. The molecule has 0 atom stereocenters. The van der Waals surface area contributed by atoms with Crippen molar-refractivity contribution in [3.05, 3.63) is 52.5 Å². The number of amides is 1. The predicted molar refractivity (Wildman–Crippen MR) is 78.8 cm³/mol. The van der Waals surface area contributed by atoms with Crippen molar-refractivity contribution in [3.8, 4) is 11.5 Å². The number of rotatable bonds is 3. The zero-order valence-electron chi connectivity index (χ0n) is 11.1. The van der Waals surface area contributed by atoms with Gasteiger partial charge in [0.2, 0.25) is 0 Å². The second-order valence-corrected chi connectivity index (χ2v) is 4.73. The Bertz CT molecular complexity index is 656. The van der Waals surface area contributed by atoms with Crippen LogP contribution in [-0.4, -0.2) is 18.1 Å². The van der Waals surface area contributed by atoms with Crippen molar-refractivity contribution < 1.29 is 14.6 Å². The number of methoxy groups -OCH3 is 1. The van der Waals surface area contributed by atoms with E-state index >= 15 is 0 Å². The van der Waals surface area contributed by atoms with Crippen molar-refractivity contribution in [2.75, 3.05) is 12.4 Å². The fourth-order valence-electron chi connectivity index (χ4n) is 1.77. The molecule has 2 N–H and O–H groups in total. The summed E-state index contributed by atoms with van der Waals surface area (Å²) in [4.78, 5) is 12.1. The van der Waals surface area contributed by atoms with Gasteiger partial charge in [-0.2, -0.15) is 0 Å². The molecular weight excluding hydrogens is 278 g/mol. The number of aryl methyl sites for hydroxylation is 1. The SMILES string of the molecule is COc1ccc(NC(=O)c2cc(C)ccc2O)cc1Cl. The van der Waals surface area contributed by atoms with Crippen molar-refractivity contribution in [3.63, 3.8) is 0 Å². The second kappa shape index (κ2) is 5.84. The first-order valence-corrected chi connectivity index (χ1v) is 6.33. The Kier molecular flexibility index (Phi) is 4.15. The Morgan fingerprint density at radius 2 is 2.00 bits per heavy atom. The summed E-state index contributed by atoms with van der Waals surface area (Å²) in [6.45, 7) is 1.85. The minimum Gasteiger partial charge on any atom is -0.507 e. The molecule has 0 aliphatic rings. The molecule has 2 rings (SSSR count). The first-order chi connectivity index (χ1) is 9.51. The highest BCUT2D eigenvalue weighted by atomic mass is 35.5. The van der Waals surface area contributed by atoms with E-state index in [0.29, 0.717) is 16.5 Å². The van der Waals surface area contributed by atoms with Crippen LogP contribution in [0.4, 0.5) is 5.69 Å². The number of benzene rings is 2. The van der Waals surface area contributed by atoms with Crippen LogP contribution in [0.1, 0.15) is 15.9 Å². The first-order valence-electron chi connectivity index (χ1n) is 5.96. The Hall–Kier alpha value is -2.20. The summed E-state index contributed by atoms with van der Waals surface area (Å²) in [5.41, 5.74) is 1.64. The molecule has 104 valence electrons. The van der Waals surface area contributed by atoms with Gasteiger partial charge in [-0.25, -0.2) is 0 Å². The Morgan fingerprint density at radius 1 is 1.25 bits per heavy atom. The number of hydrogen-bond acceptors (Lipinski definition) is 3. The maximum absolute atomic E-state index is 12.1. The van der Waals surface area contributed by atoms with Crippen LogP contribution in [0.5, 0.6) is 11.5 Å². The molecule has 0 unspecified atom stereocenters. The molecular formula is C15H14ClNO3. The highest BCUT2D eigenvalue weighted by Gasteiger charge is 2.12. The standard InChI is InChI=1S/C15H14ClNO3/c1-9-3-5-13(18)11(7-9)15(19)17-10-4-6-14(20-2)12(16)8-10/h3-8,18H,1-2H3,(H,17,19). The second-order valence-electron chi connectivity index (χ2n) is 4.32. The molecule has 0 saturated heterocycles. The largest absolute Gasteiger partial charge is 0.507 e. The molecule has 0 saturated carbocycles. The number of anilines is 1. The normalized spacial score (nSPS) is 10.2. The lowest BCUT2D eigenvalue weighted by molar-refractivity contribution is 0.102. The van der Waals surface area contributed by atoms with Crippen LogP contribution in [0, 0.1) is 6.92 Å². The van der Waals surface area contributed by atoms with Crippen molar-refractivity contribution in [1.29, 1.82) is 0 Å². The lowest BCUT2D eigenvalue weighted by Gasteiger charge is -2.09. The topological polar surface area (TPSA) is 58.6 Å². The minimum absolute atomic E-state index is 0.0623. The van der Waals surface area contributed by atoms with Crippen LogP contribution < -0.4 is 10.1 Å². The van der Waals surface area contributed by atoms with Gasteiger partial charge in [0.1, 0.15) is 11.5 Å². The van der Waals surface area contributed by atoms with Crippen LogP contribution in [0.25, 0.3) is 0 Å². The summed E-state index contributed by atoms with van der Waals surface area (Å²) >= 11 is 5.99. The molecule has 0 aliphatic carbocycles. The number of carbonyl (C=O) groups is 1. The summed E-state index contributed by atoms with van der Waals surface area (Å²) in [5, 5.41) is 12.8. The fraction of sp³-hybridized carbons (Fsp3) is 0.133. The number of phenols is 1. The molecule has 0 aromatic heterocycles. The molecule has 1 amide bonds. The quantitative estimate of drug-likeness (QED) is 0.908. The number of halogens is 1. The lowest BCUT2D eigenvalue weighted by atomic mass is 10.1. The third kappa shape index (κ3) is 3.03. The van der Waals surface area contributed by atoms with Gasteiger partial charge in [-0.15, -0.1) is 0 Å². The Labute approximate surface area is 122 Å². The van der Waals surface area contributed by atoms with Crippen LogP contribution >= 0.6 is 11.6 Å². The zero-order chi connectivity index (χ0) is 14.7. The van der Waals surface area contributed by atoms with Gasteiger partial charge in [0.25, 0.3) is 5.91 Å². The molecule has 0 radical (unpaired) electrons. The maximum atomic E-state index is 12.1. The Morgan fingerprint density at radius 3 is 2.65 bits per heavy atom. The third-order valence-electron chi connectivity index (χ3n) is 2.81. The van der Waals surface area contributed by atoms with Crippen LogP contribution in [0.2, 0.25) is 5.02 Å². The van der Waals surface area contributed by atoms with E-state index < -0.39 is 5.91 Å². The van der Waals surface area contributed by atoms with Gasteiger partial charge < -0.3 is 15.2 Å². The smallest absolute Gasteiger partial charge is 0.259 e. The first kappa shape index (κ1) is 14.2. The molecule has 0 spiro atoms. The van der Waals surface area contributed by atoms with E-state index in [4.69, 9.17) is 16.3 Å². The summed E-state index contributed by atoms with van der Waals surface area (Å²) in [7, 11) is 1.52. The molecule has 20 heavy (non-hydrogen) atoms. The number of hydrogen-bond donors (Lipinski definition) is 2. The predicted octanol–water partition coefficient (Wildman–Crippen LogP) is 3.61. The van der Waals surface area contributed by atoms with E-state index in [1.165, 1.54) is 13.2 Å². The van der Waals surface area contributed by atoms with E-state index in [1.807, 2.05) is 6.92 Å². The molecule has 5 heteroatoms. The van der Waals surface area contributed by atoms with E-state index in [-0.39, 0.29) is 11.3 Å². The van der Waals surface area contributed by atoms with Crippen molar-refractivity contribution in [1.82, 2.24) is 0 Å². The maximum Gasteiger partial charge on any atom is 0.259 e. The summed E-state index contributed by atoms with van der Waals surface area (Å²) < 4.78 is 5.04. The number of nitrogens with one attached hydrogen (secondary N) is 1. The summed E-state index contributed by atoms with van der Waals surface area (Å²) in [6, 6.07) is 9.77. The fourth-order valence-corrected chi connectivity index (χ4v) is 2.03. The van der Waals surface area contributed by atoms with Crippen LogP contribution in [0.15, 0.2) is 36.4 Å². The monoisotopic (exact) mass is 291 g/mol. The van der Waals surface area contributed by atoms with Gasteiger partial charge in [0.05, 0.1) is 17.7 Å². The molecule has 0 aliphatic heterocycles. The van der Waals surface area contributed by atoms with Crippen molar-refractivity contribution >= 4 is 23.2 Å². The molecule has 2 aromatic rings. The molecule has 2 aromatic carbocycles. The van der Waals surface area contributed by atoms with E-state index in [0.717, 1.165) is 5.56 Å². The highest BCUT2D eigenvalue weighted by molar-refractivity contribution is 6.32. The summed E-state index contributed by atoms with van der Waals surface area (Å²) in [6.07, 6.45) is 0. The van der Waals surface area contributed by atoms with E-state index in [1.54, 1.807) is 30.3 Å². The molecule has 0 fully saturated rings. The van der Waals surface area contributed by atoms with Gasteiger partial charge in [0, 0.05) is 5.69 Å². The summed E-state index contributed by atoms with van der Waals surface area (Å²) in [5.74, 6) is 0.0724. The van der Waals surface area contributed by atoms with Gasteiger partial charge >= 0.3 is 0 Å². The highest BCUT2D eigenvalue weighted by Crippen LogP contribution is 2.28. The zero-order valence-corrected chi connectivity index (χ0v) is 11.9. The minimum atomic E-state index is -0.396. The van der Waals surface area contributed by atoms with E-state index in [9.17, 15) is 9.90 Å². The number of carbonyl (C=O) groups excluding carboxylic acids is 1. The number of ether oxygens (including phenoxy) is 1. The van der Waals surface area contributed by atoms with Crippen molar-refractivity contribution in [2.45, 2.75) is 6.92 Å². The molecule has 0 heterocycles. The van der Waals surface area contributed by atoms with Crippen LogP contribution in [0.3, 0.4) is 0 Å². The lowest BCUT2D eigenvalue weighted by Crippen LogP contribution is -2.12. The number of phenolic OH excluding ortho intramolecular Hbond substituents is 1. The van der Waals surface area contributed by atoms with Crippen LogP contribution in [-0.2, 0) is 0 Å². The van der Waals surface area contributed by atoms with Gasteiger partial charge in [0.15, 0.2) is 0 Å². The third-order valence-corrected chi connectivity index (χ3v) is 3.10. The average Bonchev–Trinajstić information content (AvgIpc) is 2.41. The molecule has 4 nitrogen and oxygen atoms in total. The Balaban J connectivity index is 2.23. The average molecular weight is 292 g/mol. The van der Waals surface area contributed by atoms with Crippen molar-refractivity contribution in [2.24, 2.45) is 0 Å². The van der Waals surface area contributed by atoms with Gasteiger partial charge in [-0.05, 0) is 37.3 Å². The number of aromatic hydroxyl groups is 1. The van der Waals surface area contributed by atoms with E-state index in [2.05, 4.69) is 5.32 Å². The van der Waals surface area contributed by atoms with Gasteiger partial charge in [-0.3, -0.25) is 4.79 Å².